The molecule has 0 N–H and O–H groups in total. The number of aryl methyl sites for hydroxylation is 1. The van der Waals surface area contributed by atoms with Gasteiger partial charge in [0.2, 0.25) is 5.89 Å². The minimum atomic E-state index is -0.272. The van der Waals surface area contributed by atoms with E-state index in [0.717, 1.165) is 24.8 Å². The van der Waals surface area contributed by atoms with Gasteiger partial charge in [0.25, 0.3) is 5.91 Å². The van der Waals surface area contributed by atoms with Gasteiger partial charge in [-0.1, -0.05) is 12.1 Å². The van der Waals surface area contributed by atoms with Gasteiger partial charge in [0.15, 0.2) is 5.82 Å². The third kappa shape index (κ3) is 3.63. The van der Waals surface area contributed by atoms with Gasteiger partial charge in [-0.05, 0) is 37.0 Å². The van der Waals surface area contributed by atoms with E-state index >= 15 is 0 Å². The van der Waals surface area contributed by atoms with Crippen molar-refractivity contribution in [2.45, 2.75) is 31.7 Å². The first kappa shape index (κ1) is 17.5. The fraction of sp³-hybridized carbons (Fsp3) is 0.350. The number of likely N-dealkylation sites (tertiary alicyclic amines) is 1. The van der Waals surface area contributed by atoms with Crippen LogP contribution in [0.4, 0.5) is 4.39 Å². The van der Waals surface area contributed by atoms with Crippen LogP contribution in [0.1, 0.15) is 53.1 Å². The molecule has 27 heavy (non-hydrogen) atoms. The molecule has 1 fully saturated rings. The molecule has 1 atom stereocenters. The molecule has 0 spiro atoms. The lowest BCUT2D eigenvalue weighted by atomic mass is 10.0. The molecule has 1 amide bonds. The summed E-state index contributed by atoms with van der Waals surface area (Å²) in [7, 11) is 1.81. The summed E-state index contributed by atoms with van der Waals surface area (Å²) in [4.78, 5) is 23.3. The van der Waals surface area contributed by atoms with Crippen LogP contribution >= 0.6 is 0 Å². The molecule has 1 saturated heterocycles. The summed E-state index contributed by atoms with van der Waals surface area (Å²) in [5.74, 6) is 1.21. The van der Waals surface area contributed by atoms with Gasteiger partial charge in [0.1, 0.15) is 17.6 Å². The molecule has 0 unspecified atom stereocenters. The van der Waals surface area contributed by atoms with Crippen LogP contribution in [0.25, 0.3) is 0 Å². The minimum Gasteiger partial charge on any atom is -0.443 e. The molecular formula is C20H21FN4O2. The van der Waals surface area contributed by atoms with Crippen molar-refractivity contribution in [3.63, 3.8) is 0 Å². The standard InChI is InChI=1S/C20H21FN4O2/c1-24-10-8-22-18(24)20(26)25-9-3-2-7-17(25)19-23-13-16(27-19)12-14-5-4-6-15(21)11-14/h4-6,8,10-11,13,17H,2-3,7,9,12H2,1H3/t17-/m0/s1. The van der Waals surface area contributed by atoms with Crippen LogP contribution in [0, 0.1) is 5.82 Å². The summed E-state index contributed by atoms with van der Waals surface area (Å²) in [6.45, 7) is 0.651. The number of imidazole rings is 1. The van der Waals surface area contributed by atoms with Crippen LogP contribution in [0.5, 0.6) is 0 Å². The number of carbonyl (C=O) groups excluding carboxylic acids is 1. The zero-order valence-corrected chi connectivity index (χ0v) is 15.1. The highest BCUT2D eigenvalue weighted by molar-refractivity contribution is 5.91. The number of piperidine rings is 1. The van der Waals surface area contributed by atoms with E-state index in [0.29, 0.717) is 30.4 Å². The van der Waals surface area contributed by atoms with Crippen molar-refractivity contribution in [2.75, 3.05) is 6.54 Å². The fourth-order valence-electron chi connectivity index (χ4n) is 3.54. The van der Waals surface area contributed by atoms with E-state index in [9.17, 15) is 9.18 Å². The normalized spacial score (nSPS) is 17.3. The molecule has 6 nitrogen and oxygen atoms in total. The third-order valence-corrected chi connectivity index (χ3v) is 4.90. The van der Waals surface area contributed by atoms with Gasteiger partial charge in [-0.3, -0.25) is 4.79 Å². The Bertz CT molecular complexity index is 949. The minimum absolute atomic E-state index is 0.114. The molecular weight excluding hydrogens is 347 g/mol. The largest absolute Gasteiger partial charge is 0.443 e. The maximum absolute atomic E-state index is 13.4. The number of hydrogen-bond donors (Lipinski definition) is 0. The van der Waals surface area contributed by atoms with Crippen molar-refractivity contribution in [1.82, 2.24) is 19.4 Å². The smallest absolute Gasteiger partial charge is 0.290 e. The van der Waals surface area contributed by atoms with Gasteiger partial charge in [0, 0.05) is 32.4 Å². The Balaban J connectivity index is 1.55. The molecule has 0 radical (unpaired) electrons. The number of carbonyl (C=O) groups is 1. The Morgan fingerprint density at radius 2 is 2.22 bits per heavy atom. The van der Waals surface area contributed by atoms with E-state index in [1.165, 1.54) is 12.1 Å². The Morgan fingerprint density at radius 1 is 1.33 bits per heavy atom. The van der Waals surface area contributed by atoms with Gasteiger partial charge in [-0.2, -0.15) is 0 Å². The second-order valence-electron chi connectivity index (χ2n) is 6.84. The summed E-state index contributed by atoms with van der Waals surface area (Å²) in [5, 5.41) is 0. The average Bonchev–Trinajstić information content (AvgIpc) is 3.30. The van der Waals surface area contributed by atoms with E-state index in [1.54, 1.807) is 41.2 Å². The number of nitrogens with zero attached hydrogens (tertiary/aromatic N) is 4. The Morgan fingerprint density at radius 3 is 3.00 bits per heavy atom. The summed E-state index contributed by atoms with van der Waals surface area (Å²) >= 11 is 0. The monoisotopic (exact) mass is 368 g/mol. The summed E-state index contributed by atoms with van der Waals surface area (Å²) < 4.78 is 21.0. The zero-order chi connectivity index (χ0) is 18.8. The zero-order valence-electron chi connectivity index (χ0n) is 15.1. The van der Waals surface area contributed by atoms with Crippen LogP contribution in [-0.4, -0.2) is 31.9 Å². The quantitative estimate of drug-likeness (QED) is 0.707. The molecule has 1 aliphatic heterocycles. The predicted octanol–water partition coefficient (Wildman–Crippen LogP) is 3.51. The maximum Gasteiger partial charge on any atom is 0.290 e. The highest BCUT2D eigenvalue weighted by Crippen LogP contribution is 2.32. The number of amides is 1. The number of hydrogen-bond acceptors (Lipinski definition) is 4. The summed E-state index contributed by atoms with van der Waals surface area (Å²) in [6.07, 6.45) is 8.27. The molecule has 0 bridgehead atoms. The first-order valence-electron chi connectivity index (χ1n) is 9.09. The van der Waals surface area contributed by atoms with Gasteiger partial charge >= 0.3 is 0 Å². The van der Waals surface area contributed by atoms with Crippen molar-refractivity contribution in [2.24, 2.45) is 7.05 Å². The molecule has 2 aromatic heterocycles. The Labute approximate surface area is 156 Å². The topological polar surface area (TPSA) is 64.2 Å². The first-order valence-corrected chi connectivity index (χ1v) is 9.09. The van der Waals surface area contributed by atoms with Crippen LogP contribution < -0.4 is 0 Å². The van der Waals surface area contributed by atoms with Crippen molar-refractivity contribution >= 4 is 5.91 Å². The molecule has 1 aromatic carbocycles. The van der Waals surface area contributed by atoms with Crippen LogP contribution in [0.3, 0.4) is 0 Å². The van der Waals surface area contributed by atoms with Crippen LogP contribution in [-0.2, 0) is 13.5 Å². The lowest BCUT2D eigenvalue weighted by molar-refractivity contribution is 0.0554. The maximum atomic E-state index is 13.4. The highest BCUT2D eigenvalue weighted by atomic mass is 19.1. The van der Waals surface area contributed by atoms with Gasteiger partial charge in [-0.25, -0.2) is 14.4 Å². The summed E-state index contributed by atoms with van der Waals surface area (Å²) in [5.41, 5.74) is 0.822. The molecule has 7 heteroatoms. The third-order valence-electron chi connectivity index (χ3n) is 4.90. The van der Waals surface area contributed by atoms with E-state index in [1.807, 2.05) is 6.07 Å². The van der Waals surface area contributed by atoms with Crippen molar-refractivity contribution in [1.29, 1.82) is 0 Å². The molecule has 4 rings (SSSR count). The van der Waals surface area contributed by atoms with Crippen molar-refractivity contribution < 1.29 is 13.6 Å². The Kier molecular flexibility index (Phi) is 4.75. The molecule has 3 heterocycles. The number of halogens is 1. The molecule has 1 aliphatic rings. The summed E-state index contributed by atoms with van der Waals surface area (Å²) in [6, 6.07) is 6.22. The number of benzene rings is 1. The van der Waals surface area contributed by atoms with Gasteiger partial charge in [0.05, 0.1) is 6.20 Å². The van der Waals surface area contributed by atoms with Crippen LogP contribution in [0.2, 0.25) is 0 Å². The number of oxazole rings is 1. The molecule has 140 valence electrons. The molecule has 3 aromatic rings. The van der Waals surface area contributed by atoms with Crippen molar-refractivity contribution in [3.8, 4) is 0 Å². The Hall–Kier alpha value is -2.96. The fourth-order valence-corrected chi connectivity index (χ4v) is 3.54. The van der Waals surface area contributed by atoms with Gasteiger partial charge in [-0.15, -0.1) is 0 Å². The SMILES string of the molecule is Cn1ccnc1C(=O)N1CCCC[C@H]1c1ncc(Cc2cccc(F)c2)o1. The molecule has 0 aliphatic carbocycles. The number of rotatable bonds is 4. The van der Waals surface area contributed by atoms with Crippen molar-refractivity contribution in [3.05, 3.63) is 71.7 Å². The number of aromatic nitrogens is 3. The van der Waals surface area contributed by atoms with E-state index in [2.05, 4.69) is 9.97 Å². The van der Waals surface area contributed by atoms with Gasteiger partial charge < -0.3 is 13.9 Å². The second kappa shape index (κ2) is 7.34. The van der Waals surface area contributed by atoms with E-state index < -0.39 is 0 Å². The lowest BCUT2D eigenvalue weighted by Crippen LogP contribution is -2.39. The van der Waals surface area contributed by atoms with E-state index in [4.69, 9.17) is 4.42 Å². The highest BCUT2D eigenvalue weighted by Gasteiger charge is 2.33. The second-order valence-corrected chi connectivity index (χ2v) is 6.84. The average molecular weight is 368 g/mol. The first-order chi connectivity index (χ1) is 13.1. The molecule has 0 saturated carbocycles. The van der Waals surface area contributed by atoms with E-state index in [-0.39, 0.29) is 17.8 Å². The predicted molar refractivity (Wildman–Crippen MR) is 96.5 cm³/mol. The van der Waals surface area contributed by atoms with Crippen LogP contribution in [0.15, 0.2) is 47.3 Å². The lowest BCUT2D eigenvalue weighted by Gasteiger charge is -2.33.